The molecule has 0 aliphatic carbocycles. The van der Waals surface area contributed by atoms with Crippen molar-refractivity contribution in [1.82, 2.24) is 24.6 Å². The van der Waals surface area contributed by atoms with Crippen LogP contribution in [0.2, 0.25) is 0 Å². The molecule has 1 aliphatic rings. The smallest absolute Gasteiger partial charge is 0.257 e. The number of piperazine rings is 1. The van der Waals surface area contributed by atoms with Crippen molar-refractivity contribution in [2.45, 2.75) is 44.3 Å². The topological polar surface area (TPSA) is 71.3 Å². The van der Waals surface area contributed by atoms with Crippen molar-refractivity contribution in [1.29, 1.82) is 0 Å². The lowest BCUT2D eigenvalue weighted by atomic mass is 10.1. The molecule has 7 nitrogen and oxygen atoms in total. The third kappa shape index (κ3) is 6.68. The zero-order valence-electron chi connectivity index (χ0n) is 23.4. The lowest BCUT2D eigenvalue weighted by molar-refractivity contribution is -0.133. The summed E-state index contributed by atoms with van der Waals surface area (Å²) in [5.41, 5.74) is 3.28. The van der Waals surface area contributed by atoms with Crippen LogP contribution < -0.4 is 0 Å². The number of rotatable bonds is 9. The molecule has 41 heavy (non-hydrogen) atoms. The van der Waals surface area contributed by atoms with E-state index in [4.69, 9.17) is 0 Å². The molecule has 1 unspecified atom stereocenters. The highest BCUT2D eigenvalue weighted by atomic mass is 32.2. The van der Waals surface area contributed by atoms with Gasteiger partial charge in [0.1, 0.15) is 5.82 Å². The second-order valence-electron chi connectivity index (χ2n) is 10.3. The van der Waals surface area contributed by atoms with E-state index in [1.807, 2.05) is 30.0 Å². The van der Waals surface area contributed by atoms with E-state index >= 15 is 0 Å². The molecule has 5 rings (SSSR count). The normalized spacial score (nSPS) is 15.2. The van der Waals surface area contributed by atoms with E-state index in [2.05, 4.69) is 58.1 Å². The molecule has 4 aromatic rings. The molecule has 1 saturated heterocycles. The maximum absolute atomic E-state index is 14.1. The van der Waals surface area contributed by atoms with Gasteiger partial charge in [-0.15, -0.1) is 10.2 Å². The van der Waals surface area contributed by atoms with Crippen LogP contribution in [0, 0.1) is 12.7 Å². The van der Waals surface area contributed by atoms with Crippen LogP contribution in [-0.4, -0.2) is 67.8 Å². The molecule has 2 heterocycles. The Morgan fingerprint density at radius 1 is 0.927 bits per heavy atom. The standard InChI is InChI=1S/C32H34FN5O2S/c1-23-15-17-25(18-16-23)30-34-35-32(38(30)26-10-4-3-5-11-26)41-21-9-8-14-29(39)36-19-20-37(24(2)22-36)31(40)27-12-6-7-13-28(27)33/h3-7,10-13,15-18,24H,8-9,14,19-22H2,1-2H3. The summed E-state index contributed by atoms with van der Waals surface area (Å²) in [4.78, 5) is 29.3. The van der Waals surface area contributed by atoms with Gasteiger partial charge in [-0.1, -0.05) is 71.9 Å². The number of unbranched alkanes of at least 4 members (excludes halogenated alkanes) is 1. The Labute approximate surface area is 244 Å². The Bertz CT molecular complexity index is 1490. The van der Waals surface area contributed by atoms with Crippen molar-refractivity contribution in [3.63, 3.8) is 0 Å². The zero-order valence-corrected chi connectivity index (χ0v) is 24.2. The van der Waals surface area contributed by atoms with Crippen LogP contribution in [0.25, 0.3) is 17.1 Å². The van der Waals surface area contributed by atoms with Gasteiger partial charge in [0.25, 0.3) is 5.91 Å². The number of aryl methyl sites for hydroxylation is 1. The van der Waals surface area contributed by atoms with E-state index in [1.165, 1.54) is 17.7 Å². The monoisotopic (exact) mass is 571 g/mol. The van der Waals surface area contributed by atoms with Crippen LogP contribution in [-0.2, 0) is 4.79 Å². The molecule has 0 saturated carbocycles. The summed E-state index contributed by atoms with van der Waals surface area (Å²) in [5, 5.41) is 9.83. The fraction of sp³-hybridized carbons (Fsp3) is 0.312. The van der Waals surface area contributed by atoms with Crippen molar-refractivity contribution in [3.8, 4) is 17.1 Å². The Kier molecular flexibility index (Phi) is 9.14. The van der Waals surface area contributed by atoms with Gasteiger partial charge >= 0.3 is 0 Å². The van der Waals surface area contributed by atoms with Crippen molar-refractivity contribution in [3.05, 3.63) is 95.8 Å². The van der Waals surface area contributed by atoms with Gasteiger partial charge in [0, 0.05) is 49.1 Å². The second-order valence-corrected chi connectivity index (χ2v) is 11.4. The van der Waals surface area contributed by atoms with Gasteiger partial charge in [0.15, 0.2) is 11.0 Å². The lowest BCUT2D eigenvalue weighted by Gasteiger charge is -2.40. The SMILES string of the molecule is Cc1ccc(-c2nnc(SCCCCC(=O)N3CCN(C(=O)c4ccccc4F)C(C)C3)n2-c2ccccc2)cc1. The number of amides is 2. The van der Waals surface area contributed by atoms with Crippen LogP contribution in [0.15, 0.2) is 84.0 Å². The number of carbonyl (C=O) groups is 2. The van der Waals surface area contributed by atoms with E-state index in [-0.39, 0.29) is 23.4 Å². The van der Waals surface area contributed by atoms with Crippen molar-refractivity contribution >= 4 is 23.6 Å². The molecule has 0 bridgehead atoms. The van der Waals surface area contributed by atoms with Crippen LogP contribution in [0.3, 0.4) is 0 Å². The molecule has 2 amide bonds. The third-order valence-corrected chi connectivity index (χ3v) is 8.33. The molecular weight excluding hydrogens is 537 g/mol. The third-order valence-electron chi connectivity index (χ3n) is 7.32. The van der Waals surface area contributed by atoms with Gasteiger partial charge in [0.05, 0.1) is 5.56 Å². The molecule has 0 N–H and O–H groups in total. The minimum Gasteiger partial charge on any atom is -0.339 e. The molecule has 1 fully saturated rings. The zero-order chi connectivity index (χ0) is 28.8. The molecule has 3 aromatic carbocycles. The highest BCUT2D eigenvalue weighted by molar-refractivity contribution is 7.99. The fourth-order valence-corrected chi connectivity index (χ4v) is 5.99. The highest BCUT2D eigenvalue weighted by Gasteiger charge is 2.31. The summed E-state index contributed by atoms with van der Waals surface area (Å²) in [6.07, 6.45) is 2.08. The van der Waals surface area contributed by atoms with Crippen LogP contribution in [0.5, 0.6) is 0 Å². The van der Waals surface area contributed by atoms with E-state index in [0.717, 1.165) is 40.8 Å². The van der Waals surface area contributed by atoms with E-state index in [1.54, 1.807) is 28.8 Å². The van der Waals surface area contributed by atoms with Gasteiger partial charge < -0.3 is 9.80 Å². The number of hydrogen-bond donors (Lipinski definition) is 0. The average molecular weight is 572 g/mol. The van der Waals surface area contributed by atoms with Crippen molar-refractivity contribution in [2.24, 2.45) is 0 Å². The number of aromatic nitrogens is 3. The summed E-state index contributed by atoms with van der Waals surface area (Å²) in [5.74, 6) is 0.862. The molecule has 0 radical (unpaired) electrons. The second kappa shape index (κ2) is 13.1. The van der Waals surface area contributed by atoms with Crippen molar-refractivity contribution < 1.29 is 14.0 Å². The summed E-state index contributed by atoms with van der Waals surface area (Å²) in [6, 6.07) is 24.2. The summed E-state index contributed by atoms with van der Waals surface area (Å²) < 4.78 is 16.2. The first-order valence-electron chi connectivity index (χ1n) is 14.0. The predicted molar refractivity (Wildman–Crippen MR) is 160 cm³/mol. The van der Waals surface area contributed by atoms with Gasteiger partial charge in [-0.05, 0) is 51.0 Å². The number of carbonyl (C=O) groups excluding carboxylic acids is 2. The minimum atomic E-state index is -0.519. The Morgan fingerprint density at radius 3 is 2.39 bits per heavy atom. The van der Waals surface area contributed by atoms with E-state index in [0.29, 0.717) is 26.1 Å². The molecule has 1 atom stereocenters. The largest absolute Gasteiger partial charge is 0.339 e. The Hall–Kier alpha value is -3.98. The Balaban J connectivity index is 1.13. The summed E-state index contributed by atoms with van der Waals surface area (Å²) >= 11 is 1.64. The van der Waals surface area contributed by atoms with E-state index in [9.17, 15) is 14.0 Å². The van der Waals surface area contributed by atoms with Gasteiger partial charge in [0.2, 0.25) is 5.91 Å². The highest BCUT2D eigenvalue weighted by Crippen LogP contribution is 2.29. The number of halogens is 1. The quantitative estimate of drug-likeness (QED) is 0.182. The number of hydrogen-bond acceptors (Lipinski definition) is 5. The van der Waals surface area contributed by atoms with Crippen molar-refractivity contribution in [2.75, 3.05) is 25.4 Å². The average Bonchev–Trinajstić information content (AvgIpc) is 3.41. The minimum absolute atomic E-state index is 0.0747. The summed E-state index contributed by atoms with van der Waals surface area (Å²) in [7, 11) is 0. The van der Waals surface area contributed by atoms with Gasteiger partial charge in [-0.25, -0.2) is 4.39 Å². The molecule has 1 aromatic heterocycles. The molecular formula is C32H34FN5O2S. The van der Waals surface area contributed by atoms with Gasteiger partial charge in [-0.3, -0.25) is 14.2 Å². The van der Waals surface area contributed by atoms with E-state index < -0.39 is 5.82 Å². The van der Waals surface area contributed by atoms with Crippen LogP contribution in [0.1, 0.15) is 42.1 Å². The summed E-state index contributed by atoms with van der Waals surface area (Å²) in [6.45, 7) is 5.28. The first-order valence-corrected chi connectivity index (χ1v) is 14.9. The lowest BCUT2D eigenvalue weighted by Crippen LogP contribution is -2.55. The van der Waals surface area contributed by atoms with Crippen LogP contribution in [0.4, 0.5) is 4.39 Å². The number of thioether (sulfide) groups is 1. The molecule has 9 heteroatoms. The number of para-hydroxylation sites is 1. The first-order chi connectivity index (χ1) is 19.9. The maximum Gasteiger partial charge on any atom is 0.257 e. The van der Waals surface area contributed by atoms with Crippen LogP contribution >= 0.6 is 11.8 Å². The predicted octanol–water partition coefficient (Wildman–Crippen LogP) is 6.02. The fourth-order valence-electron chi connectivity index (χ4n) is 5.04. The molecule has 1 aliphatic heterocycles. The number of nitrogens with zero attached hydrogens (tertiary/aromatic N) is 5. The van der Waals surface area contributed by atoms with Gasteiger partial charge in [-0.2, -0.15) is 0 Å². The first kappa shape index (κ1) is 28.5. The Morgan fingerprint density at radius 2 is 1.66 bits per heavy atom. The number of benzene rings is 3. The maximum atomic E-state index is 14.1. The molecule has 212 valence electrons. The molecule has 0 spiro atoms.